The number of amides is 2. The third-order valence-electron chi connectivity index (χ3n) is 7.01. The summed E-state index contributed by atoms with van der Waals surface area (Å²) in [6.45, 7) is 6.90. The van der Waals surface area contributed by atoms with E-state index in [9.17, 15) is 9.59 Å². The fraction of sp³-hybridized carbons (Fsp3) is 0.323. The SMILES string of the molecule is C/C=C(/Cl)c1cc(CNC(=O)c2cncc(Cc3ccc(C4CCCN4C(C)=O)cc3)c2)ccc1CC. The summed E-state index contributed by atoms with van der Waals surface area (Å²) < 4.78 is 0. The number of hydrogen-bond acceptors (Lipinski definition) is 3. The van der Waals surface area contributed by atoms with Crippen molar-refractivity contribution in [2.45, 2.75) is 59.0 Å². The summed E-state index contributed by atoms with van der Waals surface area (Å²) in [4.78, 5) is 31.0. The van der Waals surface area contributed by atoms with Gasteiger partial charge in [0, 0.05) is 37.4 Å². The van der Waals surface area contributed by atoms with Crippen LogP contribution in [0.3, 0.4) is 0 Å². The van der Waals surface area contributed by atoms with E-state index in [1.54, 1.807) is 19.3 Å². The molecule has 1 aromatic heterocycles. The molecular weight excluding hydrogens is 482 g/mol. The van der Waals surface area contributed by atoms with Gasteiger partial charge < -0.3 is 10.2 Å². The molecule has 1 aliphatic heterocycles. The first-order valence-electron chi connectivity index (χ1n) is 12.9. The molecule has 1 unspecified atom stereocenters. The van der Waals surface area contributed by atoms with Gasteiger partial charge in [-0.15, -0.1) is 0 Å². The summed E-state index contributed by atoms with van der Waals surface area (Å²) in [6, 6.07) is 16.6. The van der Waals surface area contributed by atoms with Gasteiger partial charge in [-0.2, -0.15) is 0 Å². The minimum absolute atomic E-state index is 0.132. The quantitative estimate of drug-likeness (QED) is 0.375. The molecule has 3 aromatic rings. The number of carbonyl (C=O) groups excluding carboxylic acids is 2. The molecule has 4 rings (SSSR count). The highest BCUT2D eigenvalue weighted by atomic mass is 35.5. The number of likely N-dealkylation sites (tertiary alicyclic amines) is 1. The molecule has 0 saturated carbocycles. The topological polar surface area (TPSA) is 62.3 Å². The van der Waals surface area contributed by atoms with E-state index in [0.29, 0.717) is 18.5 Å². The van der Waals surface area contributed by atoms with Crippen LogP contribution < -0.4 is 5.32 Å². The average molecular weight is 516 g/mol. The van der Waals surface area contributed by atoms with Gasteiger partial charge in [0.15, 0.2) is 0 Å². The van der Waals surface area contributed by atoms with Crippen molar-refractivity contribution >= 4 is 28.4 Å². The Morgan fingerprint density at radius 1 is 1.08 bits per heavy atom. The fourth-order valence-electron chi connectivity index (χ4n) is 5.00. The number of hydrogen-bond donors (Lipinski definition) is 1. The molecule has 1 saturated heterocycles. The fourth-order valence-corrected chi connectivity index (χ4v) is 5.17. The van der Waals surface area contributed by atoms with E-state index in [2.05, 4.69) is 47.6 Å². The van der Waals surface area contributed by atoms with E-state index in [4.69, 9.17) is 11.6 Å². The second-order valence-corrected chi connectivity index (χ2v) is 9.94. The van der Waals surface area contributed by atoms with Crippen molar-refractivity contribution in [3.05, 3.63) is 106 Å². The largest absolute Gasteiger partial charge is 0.348 e. The lowest BCUT2D eigenvalue weighted by Gasteiger charge is -2.23. The minimum Gasteiger partial charge on any atom is -0.348 e. The number of rotatable bonds is 8. The zero-order valence-electron chi connectivity index (χ0n) is 21.8. The lowest BCUT2D eigenvalue weighted by atomic mass is 9.99. The van der Waals surface area contributed by atoms with Crippen molar-refractivity contribution in [1.29, 1.82) is 0 Å². The van der Waals surface area contributed by atoms with Crippen LogP contribution in [0.2, 0.25) is 0 Å². The van der Waals surface area contributed by atoms with Crippen LogP contribution >= 0.6 is 11.6 Å². The molecule has 37 heavy (non-hydrogen) atoms. The Bertz CT molecular complexity index is 1300. The highest BCUT2D eigenvalue weighted by molar-refractivity contribution is 6.48. The zero-order chi connectivity index (χ0) is 26.4. The van der Waals surface area contributed by atoms with Gasteiger partial charge in [0.25, 0.3) is 5.91 Å². The molecule has 2 amide bonds. The highest BCUT2D eigenvalue weighted by Crippen LogP contribution is 2.32. The highest BCUT2D eigenvalue weighted by Gasteiger charge is 2.27. The number of nitrogens with zero attached hydrogens (tertiary/aromatic N) is 2. The van der Waals surface area contributed by atoms with E-state index < -0.39 is 0 Å². The van der Waals surface area contributed by atoms with Gasteiger partial charge in [-0.1, -0.05) is 61.0 Å². The lowest BCUT2D eigenvalue weighted by Crippen LogP contribution is -2.27. The molecule has 1 N–H and O–H groups in total. The Balaban J connectivity index is 1.39. The molecule has 0 aliphatic carbocycles. The number of aromatic nitrogens is 1. The third kappa shape index (κ3) is 6.47. The van der Waals surface area contributed by atoms with Crippen molar-refractivity contribution in [2.24, 2.45) is 0 Å². The number of halogens is 1. The van der Waals surface area contributed by atoms with E-state index in [1.165, 1.54) is 11.1 Å². The number of carbonyl (C=O) groups is 2. The monoisotopic (exact) mass is 515 g/mol. The molecule has 1 atom stereocenters. The summed E-state index contributed by atoms with van der Waals surface area (Å²) in [6.07, 6.45) is 8.91. The van der Waals surface area contributed by atoms with Crippen LogP contribution in [-0.2, 0) is 24.2 Å². The third-order valence-corrected chi connectivity index (χ3v) is 7.43. The Morgan fingerprint density at radius 3 is 2.54 bits per heavy atom. The second kappa shape index (κ2) is 12.2. The number of allylic oxidation sites excluding steroid dienone is 1. The first-order chi connectivity index (χ1) is 17.9. The molecule has 6 heteroatoms. The number of nitrogens with one attached hydrogen (secondary N) is 1. The smallest absolute Gasteiger partial charge is 0.253 e. The average Bonchev–Trinajstić information content (AvgIpc) is 3.42. The van der Waals surface area contributed by atoms with Crippen LogP contribution in [0.4, 0.5) is 0 Å². The Labute approximate surface area is 224 Å². The summed E-state index contributed by atoms with van der Waals surface area (Å²) in [5, 5.41) is 3.72. The summed E-state index contributed by atoms with van der Waals surface area (Å²) in [5.41, 5.74) is 7.01. The second-order valence-electron chi connectivity index (χ2n) is 9.54. The molecule has 5 nitrogen and oxygen atoms in total. The number of pyridine rings is 1. The first-order valence-corrected chi connectivity index (χ1v) is 13.3. The predicted octanol–water partition coefficient (Wildman–Crippen LogP) is 6.45. The number of aryl methyl sites for hydroxylation is 1. The van der Waals surface area contributed by atoms with Gasteiger partial charge in [0.2, 0.25) is 5.91 Å². The zero-order valence-corrected chi connectivity index (χ0v) is 22.5. The van der Waals surface area contributed by atoms with Crippen molar-refractivity contribution in [2.75, 3.05) is 6.54 Å². The maximum Gasteiger partial charge on any atom is 0.253 e. The molecule has 0 spiro atoms. The standard InChI is InChI=1S/C31H34ClN3O2/c1-4-25-11-10-23(17-28(25)29(32)5-2)19-34-31(37)27-16-24(18-33-20-27)15-22-8-12-26(13-9-22)30-7-6-14-35(30)21(3)36/h5,8-13,16-18,20,30H,4,6-7,14-15,19H2,1-3H3,(H,34,37)/b29-5+. The summed E-state index contributed by atoms with van der Waals surface area (Å²) in [5.74, 6) is -0.0266. The molecule has 2 heterocycles. The van der Waals surface area contributed by atoms with Crippen molar-refractivity contribution in [3.63, 3.8) is 0 Å². The van der Waals surface area contributed by atoms with Gasteiger partial charge in [-0.3, -0.25) is 14.6 Å². The van der Waals surface area contributed by atoms with E-state index in [1.807, 2.05) is 36.1 Å². The van der Waals surface area contributed by atoms with Gasteiger partial charge in [-0.05, 0) is 78.1 Å². The Morgan fingerprint density at radius 2 is 1.84 bits per heavy atom. The lowest BCUT2D eigenvalue weighted by molar-refractivity contribution is -0.129. The molecular formula is C31H34ClN3O2. The summed E-state index contributed by atoms with van der Waals surface area (Å²) >= 11 is 6.40. The van der Waals surface area contributed by atoms with Crippen LogP contribution in [0.1, 0.15) is 83.4 Å². The Hall–Kier alpha value is -3.44. The van der Waals surface area contributed by atoms with Crippen molar-refractivity contribution in [3.8, 4) is 0 Å². The van der Waals surface area contributed by atoms with Crippen LogP contribution in [0.15, 0.2) is 67.0 Å². The molecule has 192 valence electrons. The van der Waals surface area contributed by atoms with Crippen molar-refractivity contribution < 1.29 is 9.59 Å². The van der Waals surface area contributed by atoms with Crippen LogP contribution in [0.5, 0.6) is 0 Å². The van der Waals surface area contributed by atoms with Crippen molar-refractivity contribution in [1.82, 2.24) is 15.2 Å². The van der Waals surface area contributed by atoms with E-state index in [-0.39, 0.29) is 17.9 Å². The van der Waals surface area contributed by atoms with Crippen LogP contribution in [-0.4, -0.2) is 28.2 Å². The minimum atomic E-state index is -0.159. The van der Waals surface area contributed by atoms with Gasteiger partial charge >= 0.3 is 0 Å². The molecule has 0 radical (unpaired) electrons. The van der Waals surface area contributed by atoms with E-state index >= 15 is 0 Å². The summed E-state index contributed by atoms with van der Waals surface area (Å²) in [7, 11) is 0. The maximum absolute atomic E-state index is 12.9. The van der Waals surface area contributed by atoms with Crippen LogP contribution in [0.25, 0.3) is 5.03 Å². The normalized spacial score (nSPS) is 15.6. The van der Waals surface area contributed by atoms with Gasteiger partial charge in [0.05, 0.1) is 11.6 Å². The van der Waals surface area contributed by atoms with E-state index in [0.717, 1.165) is 53.1 Å². The molecule has 1 aliphatic rings. The molecule has 1 fully saturated rings. The molecule has 2 aromatic carbocycles. The van der Waals surface area contributed by atoms with Gasteiger partial charge in [0.1, 0.15) is 0 Å². The predicted molar refractivity (Wildman–Crippen MR) is 149 cm³/mol. The van der Waals surface area contributed by atoms with Crippen LogP contribution in [0, 0.1) is 0 Å². The first kappa shape index (κ1) is 26.6. The Kier molecular flexibility index (Phi) is 8.78. The maximum atomic E-state index is 12.9. The van der Waals surface area contributed by atoms with Gasteiger partial charge in [-0.25, -0.2) is 0 Å². The number of benzene rings is 2. The molecule has 0 bridgehead atoms.